The van der Waals surface area contributed by atoms with Crippen LogP contribution >= 0.6 is 40.3 Å². The van der Waals surface area contributed by atoms with Gasteiger partial charge in [0.25, 0.3) is 0 Å². The van der Waals surface area contributed by atoms with E-state index in [0.29, 0.717) is 58.7 Å². The van der Waals surface area contributed by atoms with E-state index >= 15 is 0 Å². The van der Waals surface area contributed by atoms with Crippen LogP contribution in [0.2, 0.25) is 5.15 Å². The first-order chi connectivity index (χ1) is 60.1. The number of nitrogens with zero attached hydrogens (tertiary/aromatic N) is 21. The fourth-order valence-electron chi connectivity index (χ4n) is 17.9. The third-order valence-electron chi connectivity index (χ3n) is 24.5. The summed E-state index contributed by atoms with van der Waals surface area (Å²) in [5.74, 6) is 5.05. The van der Waals surface area contributed by atoms with Crippen LogP contribution in [0.3, 0.4) is 0 Å². The molecule has 12 aromatic rings. The van der Waals surface area contributed by atoms with E-state index in [1.54, 1.807) is 72.3 Å². The molecule has 4 aromatic carbocycles. The Morgan fingerprint density at radius 3 is 1.31 bits per heavy atom. The van der Waals surface area contributed by atoms with E-state index in [1.165, 1.54) is 50.6 Å². The first-order valence-electron chi connectivity index (χ1n) is 41.3. The van der Waals surface area contributed by atoms with Crippen molar-refractivity contribution in [1.29, 1.82) is 0 Å². The topological polar surface area (TPSA) is 305 Å². The second-order valence-electron chi connectivity index (χ2n) is 31.9. The number of ether oxygens (including phenoxy) is 4. The minimum absolute atomic E-state index is 0.0386. The SMILES string of the molecule is CN1CCC2CCC(c3nc(Br)c4cnccn34)CN2C1=O.CN1CCC2CCC(c3ncc4c(Cl)nccn34)CN2C1=O.CN1CCC2CCC(c3ncc4cnccn34)CN2C1=O.COc1cccc(Oc2ccc(-c3nc(C4CCC5CCN(C)C(=O)N5C4)n4ccncc34)cc2)c1F.COc1cccc(Oc2ccc(B(O)O)cc2)c1F.[B]=NS. The Labute approximate surface area is 735 Å². The summed E-state index contributed by atoms with van der Waals surface area (Å²) in [6.07, 6.45) is 36.4. The Morgan fingerprint density at radius 2 is 0.847 bits per heavy atom. The summed E-state index contributed by atoms with van der Waals surface area (Å²) in [4.78, 5) is 101. The molecule has 8 saturated heterocycles. The second kappa shape index (κ2) is 39.1. The number of halogens is 4. The average Bonchev–Trinajstić information content (AvgIpc) is 1.60. The first-order valence-corrected chi connectivity index (χ1v) is 42.9. The molecule has 0 aliphatic carbocycles. The Hall–Kier alpha value is -11.5. The molecule has 2 N–H and O–H groups in total. The number of rotatable bonds is 12. The van der Waals surface area contributed by atoms with E-state index < -0.39 is 18.8 Å². The van der Waals surface area contributed by atoms with Crippen LogP contribution in [-0.4, -0.2) is 265 Å². The molecule has 0 bridgehead atoms. The Kier molecular flexibility index (Phi) is 27.6. The number of hydrogen-bond acceptors (Lipinski definition) is 20. The van der Waals surface area contributed by atoms with Gasteiger partial charge in [0, 0.05) is 184 Å². The summed E-state index contributed by atoms with van der Waals surface area (Å²) in [7, 11) is 13.1. The Bertz CT molecular complexity index is 5800. The van der Waals surface area contributed by atoms with Gasteiger partial charge in [-0.2, -0.15) is 8.78 Å². The summed E-state index contributed by atoms with van der Waals surface area (Å²) in [6, 6.07) is 24.9. The van der Waals surface area contributed by atoms with Gasteiger partial charge >= 0.3 is 56.0 Å². The van der Waals surface area contributed by atoms with Crippen molar-refractivity contribution < 1.29 is 57.0 Å². The second-order valence-corrected chi connectivity index (χ2v) is 33.3. The average molecular weight is 1790 g/mol. The molecule has 1 radical (unpaired) electrons. The first kappa shape index (κ1) is 87.4. The van der Waals surface area contributed by atoms with Crippen LogP contribution in [0.5, 0.6) is 34.5 Å². The molecule has 0 spiro atoms. The van der Waals surface area contributed by atoms with Crippen LogP contribution in [0, 0.1) is 11.6 Å². The van der Waals surface area contributed by atoms with Gasteiger partial charge in [0.05, 0.1) is 67.4 Å². The predicted molar refractivity (Wildman–Crippen MR) is 470 cm³/mol. The van der Waals surface area contributed by atoms with E-state index in [9.17, 15) is 28.0 Å². The number of carbonyl (C=O) groups excluding carboxylic acids is 4. The molecule has 0 saturated carbocycles. The van der Waals surface area contributed by atoms with E-state index in [4.69, 9.17) is 45.6 Å². The van der Waals surface area contributed by atoms with Gasteiger partial charge in [-0.25, -0.2) is 44.1 Å². The predicted octanol–water partition coefficient (Wildman–Crippen LogP) is 13.4. The van der Waals surface area contributed by atoms with Crippen LogP contribution in [0.1, 0.15) is 124 Å². The van der Waals surface area contributed by atoms with Crippen molar-refractivity contribution in [2.24, 2.45) is 4.30 Å². The molecule has 38 heteroatoms. The van der Waals surface area contributed by atoms with Crippen molar-refractivity contribution in [3.05, 3.63) is 210 Å². The number of fused-ring (bicyclic) bond motifs is 8. The summed E-state index contributed by atoms with van der Waals surface area (Å²) >= 11 is 12.8. The molecule has 8 aromatic heterocycles. The quantitative estimate of drug-likeness (QED) is 0.0756. The third kappa shape index (κ3) is 18.8. The van der Waals surface area contributed by atoms with Gasteiger partial charge in [-0.05, 0) is 159 Å². The van der Waals surface area contributed by atoms with Gasteiger partial charge < -0.3 is 72.6 Å². The molecule has 20 rings (SSSR count). The zero-order valence-electron chi connectivity index (χ0n) is 69.5. The molecule has 8 amide bonds. The number of aromatic nitrogens is 12. The standard InChI is InChI=1S/C28H28FN5O3.C15H18BrN5O.C15H18ClN5O.C15H19N5O.C13H12BFO4.BHNS/c1-32-14-12-20-9-6-19(17-34(20)28(32)35)27-31-26(22-16-30-13-15-33(22)27)18-7-10-21(11-8-18)37-24-5-3-4-23(36-2)25(24)29;1-19-6-4-11-3-2-10(9-21(11)15(19)22)14-18-13(16)12-8-17-5-7-20(12)14;1-19-6-4-11-3-2-10(9-21(11)15(19)22)14-18-8-12-13(16)17-5-7-20(12)14;1-18-6-4-12-3-2-11(10-20(12)15(18)21)14-17-9-13-8-16-5-7-19(13)14;1-18-11-3-2-4-12(13(11)15)19-10-7-5-9(6-8-10)14(16)17;1-2-3/h3-5,7-8,10-11,13,15-16,19-20H,6,9,12,14,17H2,1-2H3;2*5,7-8,10-11H,2-4,6,9H2,1H3;5,7-9,11-12H,2-4,6,10H2,1H3;2-8,16-17H,1H3;3H. The van der Waals surface area contributed by atoms with Gasteiger partial charge in [-0.3, -0.25) is 28.2 Å². The number of amides is 8. The van der Waals surface area contributed by atoms with Gasteiger partial charge in [0.2, 0.25) is 11.6 Å². The monoisotopic (exact) mass is 1790 g/mol. The van der Waals surface area contributed by atoms with Gasteiger partial charge in [-0.1, -0.05) is 35.9 Å². The Balaban J connectivity index is 0.000000122. The number of methoxy groups -OCH3 is 2. The molecule has 8 aliphatic rings. The number of carbonyl (C=O) groups is 4. The zero-order chi connectivity index (χ0) is 87.0. The van der Waals surface area contributed by atoms with Crippen molar-refractivity contribution in [3.8, 4) is 45.8 Å². The summed E-state index contributed by atoms with van der Waals surface area (Å²) in [6.45, 7) is 6.34. The van der Waals surface area contributed by atoms with Gasteiger partial charge in [-0.15, -0.1) is 0 Å². The number of piperidine rings is 4. The minimum atomic E-state index is -1.54. The van der Waals surface area contributed by atoms with Gasteiger partial charge in [0.1, 0.15) is 44.9 Å². The van der Waals surface area contributed by atoms with Crippen molar-refractivity contribution in [3.63, 3.8) is 0 Å². The number of imidazole rings is 4. The van der Waals surface area contributed by atoms with Gasteiger partial charge in [0.15, 0.2) is 28.2 Å². The maximum atomic E-state index is 14.5. The fraction of sp³-hybridized carbons (Fsp3) is 0.395. The van der Waals surface area contributed by atoms with Crippen LogP contribution in [0.15, 0.2) is 174 Å². The molecule has 16 heterocycles. The molecule has 645 valence electrons. The fourth-order valence-corrected chi connectivity index (χ4v) is 18.6. The number of benzene rings is 4. The summed E-state index contributed by atoms with van der Waals surface area (Å²) in [5, 5.41) is 18.4. The van der Waals surface area contributed by atoms with Crippen molar-refractivity contribution >= 4 is 107 Å². The number of thiol groups is 1. The molecule has 8 fully saturated rings. The Morgan fingerprint density at radius 1 is 0.468 bits per heavy atom. The molecule has 31 nitrogen and oxygen atoms in total. The molecule has 8 unspecified atom stereocenters. The third-order valence-corrected chi connectivity index (χ3v) is 25.4. The van der Waals surface area contributed by atoms with E-state index in [1.807, 2.05) is 129 Å². The van der Waals surface area contributed by atoms with E-state index in [-0.39, 0.29) is 64.9 Å². The summed E-state index contributed by atoms with van der Waals surface area (Å²) < 4.78 is 61.1. The van der Waals surface area contributed by atoms with Crippen LogP contribution in [0.25, 0.3) is 33.3 Å². The summed E-state index contributed by atoms with van der Waals surface area (Å²) in [5.41, 5.74) is 5.75. The van der Waals surface area contributed by atoms with E-state index in [2.05, 4.69) is 88.8 Å². The van der Waals surface area contributed by atoms with Crippen molar-refractivity contribution in [1.82, 2.24) is 96.7 Å². The number of hydrogen-bond donors (Lipinski definition) is 3. The van der Waals surface area contributed by atoms with Crippen molar-refractivity contribution in [2.75, 3.05) is 94.8 Å². The van der Waals surface area contributed by atoms with E-state index in [0.717, 1.165) is 184 Å². The normalized spacial score (nSPS) is 21.1. The van der Waals surface area contributed by atoms with Crippen molar-refractivity contribution in [2.45, 2.75) is 125 Å². The number of urea groups is 4. The maximum absolute atomic E-state index is 14.5. The van der Waals surface area contributed by atoms with Crippen LogP contribution in [0.4, 0.5) is 28.0 Å². The molecule has 8 aliphatic heterocycles. The molecular weight excluding hydrogens is 1690 g/mol. The molecule has 8 atom stereocenters. The zero-order valence-corrected chi connectivity index (χ0v) is 72.8. The van der Waals surface area contributed by atoms with Crippen LogP contribution < -0.4 is 24.4 Å². The molecular formula is C86H96B2BrClF2N21O10S. The van der Waals surface area contributed by atoms with Crippen LogP contribution in [-0.2, 0) is 0 Å². The molecule has 124 heavy (non-hydrogen) atoms.